The van der Waals surface area contributed by atoms with E-state index >= 15 is 0 Å². The lowest BCUT2D eigenvalue weighted by molar-refractivity contribution is 0.0948. The molecule has 28 heavy (non-hydrogen) atoms. The lowest BCUT2D eigenvalue weighted by Crippen LogP contribution is -2.34. The summed E-state index contributed by atoms with van der Waals surface area (Å²) >= 11 is 4.79. The van der Waals surface area contributed by atoms with Crippen molar-refractivity contribution in [2.45, 2.75) is 26.3 Å². The van der Waals surface area contributed by atoms with Gasteiger partial charge >= 0.3 is 0 Å². The first-order chi connectivity index (χ1) is 13.5. The van der Waals surface area contributed by atoms with Crippen LogP contribution in [0.4, 0.5) is 5.13 Å². The number of nitrogens with one attached hydrogen (secondary N) is 1. The van der Waals surface area contributed by atoms with Crippen molar-refractivity contribution in [3.05, 3.63) is 56.4 Å². The highest BCUT2D eigenvalue weighted by molar-refractivity contribution is 9.10. The average molecular weight is 462 g/mol. The first-order valence-electron chi connectivity index (χ1n) is 9.18. The molecule has 0 spiro atoms. The summed E-state index contributed by atoms with van der Waals surface area (Å²) in [4.78, 5) is 32.3. The molecule has 1 saturated heterocycles. The van der Waals surface area contributed by atoms with Gasteiger partial charge in [0.05, 0.1) is 0 Å². The van der Waals surface area contributed by atoms with Crippen LogP contribution < -0.4 is 15.8 Å². The smallest absolute Gasteiger partial charge is 0.288 e. The zero-order chi connectivity index (χ0) is 19.7. The van der Waals surface area contributed by atoms with Gasteiger partial charge in [-0.25, -0.2) is 4.98 Å². The normalized spacial score (nSPS) is 17.1. The second kappa shape index (κ2) is 8.00. The summed E-state index contributed by atoms with van der Waals surface area (Å²) in [6.45, 7) is 4.40. The van der Waals surface area contributed by atoms with E-state index in [0.29, 0.717) is 17.4 Å². The van der Waals surface area contributed by atoms with Gasteiger partial charge in [-0.1, -0.05) is 46.3 Å². The summed E-state index contributed by atoms with van der Waals surface area (Å²) in [7, 11) is 0. The van der Waals surface area contributed by atoms with Gasteiger partial charge in [0, 0.05) is 30.3 Å². The Morgan fingerprint density at radius 2 is 2.29 bits per heavy atom. The average Bonchev–Trinajstić information content (AvgIpc) is 3.12. The van der Waals surface area contributed by atoms with Crippen LogP contribution in [0, 0.1) is 5.92 Å². The number of piperidine rings is 1. The van der Waals surface area contributed by atoms with Crippen LogP contribution in [0.1, 0.15) is 35.7 Å². The first-order valence-corrected chi connectivity index (χ1v) is 10.8. The minimum Gasteiger partial charge on any atom is -0.348 e. The topological polar surface area (TPSA) is 79.6 Å². The van der Waals surface area contributed by atoms with E-state index in [0.717, 1.165) is 34.7 Å². The van der Waals surface area contributed by atoms with Crippen LogP contribution in [0.3, 0.4) is 0 Å². The Labute approximate surface area is 174 Å². The summed E-state index contributed by atoms with van der Waals surface area (Å²) in [6, 6.07) is 7.64. The number of carbonyl (C=O) groups is 1. The monoisotopic (exact) mass is 461 g/mol. The minimum atomic E-state index is -0.451. The Balaban J connectivity index is 1.55. The lowest BCUT2D eigenvalue weighted by Gasteiger charge is -2.30. The van der Waals surface area contributed by atoms with E-state index in [1.165, 1.54) is 28.5 Å². The maximum atomic E-state index is 12.8. The van der Waals surface area contributed by atoms with E-state index in [9.17, 15) is 9.59 Å². The zero-order valence-electron chi connectivity index (χ0n) is 15.4. The minimum absolute atomic E-state index is 0.00337. The van der Waals surface area contributed by atoms with Gasteiger partial charge in [-0.2, -0.15) is 4.52 Å². The molecule has 1 N–H and O–H groups in total. The summed E-state index contributed by atoms with van der Waals surface area (Å²) in [5.41, 5.74) is 0.493. The van der Waals surface area contributed by atoms with Crippen molar-refractivity contribution >= 4 is 43.3 Å². The third-order valence-electron chi connectivity index (χ3n) is 4.79. The highest BCUT2D eigenvalue weighted by Gasteiger charge is 2.22. The largest absolute Gasteiger partial charge is 0.348 e. The molecule has 146 valence electrons. The fourth-order valence-corrected chi connectivity index (χ4v) is 4.69. The third-order valence-corrected chi connectivity index (χ3v) is 6.27. The molecular weight excluding hydrogens is 442 g/mol. The number of halogens is 1. The number of amides is 1. The van der Waals surface area contributed by atoms with Crippen molar-refractivity contribution in [1.82, 2.24) is 19.9 Å². The van der Waals surface area contributed by atoms with Gasteiger partial charge in [0.15, 0.2) is 0 Å². The van der Waals surface area contributed by atoms with Gasteiger partial charge in [-0.05, 0) is 36.5 Å². The molecule has 4 rings (SSSR count). The van der Waals surface area contributed by atoms with E-state index in [-0.39, 0.29) is 5.56 Å². The number of benzene rings is 1. The molecule has 2 aromatic heterocycles. The van der Waals surface area contributed by atoms with Gasteiger partial charge in [0.25, 0.3) is 11.5 Å². The standard InChI is InChI=1S/C19H20BrN5O2S/c1-12-4-3-7-24(11-12)19-23-25-17(27)15(10-22-18(25)28-19)16(26)21-9-13-5-2-6-14(20)8-13/h2,5-6,8,10,12H,3-4,7,9,11H2,1H3,(H,21,26). The second-order valence-corrected chi connectivity index (χ2v) is 8.91. The number of aromatic nitrogens is 3. The number of hydrogen-bond donors (Lipinski definition) is 1. The Hall–Kier alpha value is -2.26. The second-order valence-electron chi connectivity index (χ2n) is 7.06. The Kier molecular flexibility index (Phi) is 5.45. The SMILES string of the molecule is CC1CCCN(c2nn3c(=O)c(C(=O)NCc4cccc(Br)c4)cnc3s2)C1. The first kappa shape index (κ1) is 19.1. The van der Waals surface area contributed by atoms with Crippen LogP contribution in [-0.4, -0.2) is 33.6 Å². The molecule has 9 heteroatoms. The number of rotatable bonds is 4. The maximum absolute atomic E-state index is 12.8. The molecule has 1 aromatic carbocycles. The summed E-state index contributed by atoms with van der Waals surface area (Å²) < 4.78 is 2.18. The number of carbonyl (C=O) groups excluding carboxylic acids is 1. The number of fused-ring (bicyclic) bond motifs is 1. The van der Waals surface area contributed by atoms with Crippen LogP contribution in [-0.2, 0) is 6.54 Å². The van der Waals surface area contributed by atoms with E-state index < -0.39 is 11.5 Å². The van der Waals surface area contributed by atoms with Crippen LogP contribution in [0.2, 0.25) is 0 Å². The highest BCUT2D eigenvalue weighted by atomic mass is 79.9. The summed E-state index contributed by atoms with van der Waals surface area (Å²) in [5.74, 6) is 0.151. The van der Waals surface area contributed by atoms with E-state index in [4.69, 9.17) is 0 Å². The molecule has 0 aliphatic carbocycles. The maximum Gasteiger partial charge on any atom is 0.288 e. The van der Waals surface area contributed by atoms with Crippen LogP contribution in [0.15, 0.2) is 39.7 Å². The quantitative estimate of drug-likeness (QED) is 0.645. The molecule has 1 aliphatic rings. The Morgan fingerprint density at radius 1 is 1.43 bits per heavy atom. The van der Waals surface area contributed by atoms with Crippen molar-refractivity contribution in [3.63, 3.8) is 0 Å². The zero-order valence-corrected chi connectivity index (χ0v) is 17.8. The van der Waals surface area contributed by atoms with Gasteiger partial charge in [0.2, 0.25) is 10.1 Å². The number of hydrogen-bond acceptors (Lipinski definition) is 6. The van der Waals surface area contributed by atoms with Crippen molar-refractivity contribution in [1.29, 1.82) is 0 Å². The van der Waals surface area contributed by atoms with Crippen molar-refractivity contribution in [2.75, 3.05) is 18.0 Å². The number of anilines is 1. The third kappa shape index (κ3) is 3.95. The van der Waals surface area contributed by atoms with Crippen LogP contribution in [0.5, 0.6) is 0 Å². The molecule has 0 radical (unpaired) electrons. The van der Waals surface area contributed by atoms with Crippen LogP contribution >= 0.6 is 27.3 Å². The summed E-state index contributed by atoms with van der Waals surface area (Å²) in [6.07, 6.45) is 3.67. The van der Waals surface area contributed by atoms with Crippen molar-refractivity contribution < 1.29 is 4.79 Å². The highest BCUT2D eigenvalue weighted by Crippen LogP contribution is 2.26. The number of nitrogens with zero attached hydrogens (tertiary/aromatic N) is 4. The van der Waals surface area contributed by atoms with E-state index in [1.54, 1.807) is 0 Å². The molecule has 3 aromatic rings. The van der Waals surface area contributed by atoms with E-state index in [2.05, 4.69) is 43.2 Å². The fourth-order valence-electron chi connectivity index (χ4n) is 3.35. The molecule has 1 atom stereocenters. The molecule has 1 fully saturated rings. The Morgan fingerprint density at radius 3 is 3.07 bits per heavy atom. The molecular formula is C19H20BrN5O2S. The van der Waals surface area contributed by atoms with Crippen molar-refractivity contribution in [2.24, 2.45) is 5.92 Å². The molecule has 1 unspecified atom stereocenters. The van der Waals surface area contributed by atoms with Gasteiger partial charge in [-0.3, -0.25) is 9.59 Å². The molecule has 3 heterocycles. The molecule has 1 amide bonds. The fraction of sp³-hybridized carbons (Fsp3) is 0.368. The predicted molar refractivity (Wildman–Crippen MR) is 113 cm³/mol. The van der Waals surface area contributed by atoms with Crippen molar-refractivity contribution in [3.8, 4) is 0 Å². The molecule has 0 bridgehead atoms. The lowest BCUT2D eigenvalue weighted by atomic mass is 10.0. The summed E-state index contributed by atoms with van der Waals surface area (Å²) in [5, 5.41) is 8.00. The Bertz CT molecular complexity index is 1080. The van der Waals surface area contributed by atoms with Gasteiger partial charge in [-0.15, -0.1) is 5.10 Å². The molecule has 0 saturated carbocycles. The van der Waals surface area contributed by atoms with Gasteiger partial charge < -0.3 is 10.2 Å². The molecule has 1 aliphatic heterocycles. The van der Waals surface area contributed by atoms with E-state index in [1.807, 2.05) is 24.3 Å². The molecule has 7 nitrogen and oxygen atoms in total. The van der Waals surface area contributed by atoms with Crippen LogP contribution in [0.25, 0.3) is 4.96 Å². The predicted octanol–water partition coefficient (Wildman–Crippen LogP) is 3.08. The van der Waals surface area contributed by atoms with Gasteiger partial charge in [0.1, 0.15) is 5.56 Å².